The van der Waals surface area contributed by atoms with Crippen molar-refractivity contribution in [3.63, 3.8) is 0 Å². The fourth-order valence-electron chi connectivity index (χ4n) is 3.48. The van der Waals surface area contributed by atoms with Gasteiger partial charge in [0.2, 0.25) is 5.91 Å². The molecule has 0 radical (unpaired) electrons. The van der Waals surface area contributed by atoms with Crippen molar-refractivity contribution in [2.75, 3.05) is 26.2 Å². The first-order valence-corrected chi connectivity index (χ1v) is 8.67. The third-order valence-electron chi connectivity index (χ3n) is 4.83. The molecule has 1 aliphatic carbocycles. The lowest BCUT2D eigenvalue weighted by atomic mass is 10.1. The van der Waals surface area contributed by atoms with E-state index in [1.165, 1.54) is 24.8 Å². The van der Waals surface area contributed by atoms with E-state index >= 15 is 0 Å². The zero-order valence-electron chi connectivity index (χ0n) is 13.9. The first-order valence-electron chi connectivity index (χ1n) is 8.67. The smallest absolute Gasteiger partial charge is 0.236 e. The summed E-state index contributed by atoms with van der Waals surface area (Å²) in [5, 5.41) is 4.28. The molecule has 0 unspecified atom stereocenters. The van der Waals surface area contributed by atoms with Gasteiger partial charge in [-0.1, -0.05) is 6.92 Å². The monoisotopic (exact) mass is 304 g/mol. The molecular weight excluding hydrogens is 276 g/mol. The zero-order chi connectivity index (χ0) is 15.5. The summed E-state index contributed by atoms with van der Waals surface area (Å²) in [4.78, 5) is 17.1. The Kier molecular flexibility index (Phi) is 4.81. The lowest BCUT2D eigenvalue weighted by Crippen LogP contribution is -2.41. The molecule has 1 saturated carbocycles. The van der Waals surface area contributed by atoms with E-state index in [0.717, 1.165) is 38.4 Å². The second kappa shape index (κ2) is 6.82. The van der Waals surface area contributed by atoms with Gasteiger partial charge in [0, 0.05) is 37.9 Å². The van der Waals surface area contributed by atoms with Crippen LogP contribution in [0.5, 0.6) is 0 Å². The molecular formula is C17H28N4O. The Hall–Kier alpha value is -1.36. The van der Waals surface area contributed by atoms with Crippen LogP contribution >= 0.6 is 0 Å². The summed E-state index contributed by atoms with van der Waals surface area (Å²) < 4.78 is 1.85. The molecule has 1 saturated heterocycles. The van der Waals surface area contributed by atoms with Gasteiger partial charge in [-0.2, -0.15) is 5.10 Å². The van der Waals surface area contributed by atoms with Gasteiger partial charge in [-0.25, -0.2) is 0 Å². The third kappa shape index (κ3) is 3.69. The Morgan fingerprint density at radius 3 is 2.86 bits per heavy atom. The van der Waals surface area contributed by atoms with Crippen molar-refractivity contribution in [2.45, 2.75) is 45.1 Å². The van der Waals surface area contributed by atoms with Gasteiger partial charge in [0.05, 0.1) is 12.7 Å². The van der Waals surface area contributed by atoms with Gasteiger partial charge in [0.25, 0.3) is 0 Å². The second-order valence-electron chi connectivity index (χ2n) is 6.86. The molecule has 2 fully saturated rings. The summed E-state index contributed by atoms with van der Waals surface area (Å²) in [5.74, 6) is 1.08. The Labute approximate surface area is 133 Å². The molecule has 0 spiro atoms. The minimum Gasteiger partial charge on any atom is -0.341 e. The number of hydrogen-bond donors (Lipinski definition) is 0. The number of nitrogens with zero attached hydrogens (tertiary/aromatic N) is 4. The van der Waals surface area contributed by atoms with Crippen molar-refractivity contribution >= 4 is 5.91 Å². The minimum atomic E-state index is 0.310. The van der Waals surface area contributed by atoms with Gasteiger partial charge in [-0.05, 0) is 44.6 Å². The van der Waals surface area contributed by atoms with Crippen LogP contribution < -0.4 is 0 Å². The first-order chi connectivity index (χ1) is 10.7. The molecule has 22 heavy (non-hydrogen) atoms. The summed E-state index contributed by atoms with van der Waals surface area (Å²) in [7, 11) is 1.95. The van der Waals surface area contributed by atoms with Crippen LogP contribution in [0.15, 0.2) is 12.4 Å². The highest BCUT2D eigenvalue weighted by Gasteiger charge is 2.31. The molecule has 2 aliphatic rings. The van der Waals surface area contributed by atoms with E-state index in [0.29, 0.717) is 18.5 Å². The number of likely N-dealkylation sites (tertiary alicyclic amines) is 1. The van der Waals surface area contributed by atoms with Crippen molar-refractivity contribution < 1.29 is 4.79 Å². The van der Waals surface area contributed by atoms with Crippen molar-refractivity contribution in [1.82, 2.24) is 19.6 Å². The van der Waals surface area contributed by atoms with E-state index in [4.69, 9.17) is 0 Å². The second-order valence-corrected chi connectivity index (χ2v) is 6.86. The molecule has 122 valence electrons. The van der Waals surface area contributed by atoms with E-state index in [1.807, 2.05) is 17.9 Å². The highest BCUT2D eigenvalue weighted by Crippen LogP contribution is 2.32. The molecule has 1 aliphatic heterocycles. The van der Waals surface area contributed by atoms with Crippen LogP contribution in [0.3, 0.4) is 0 Å². The van der Waals surface area contributed by atoms with Gasteiger partial charge in [-0.3, -0.25) is 14.4 Å². The Morgan fingerprint density at radius 2 is 2.23 bits per heavy atom. The Morgan fingerprint density at radius 1 is 1.41 bits per heavy atom. The van der Waals surface area contributed by atoms with Crippen molar-refractivity contribution in [1.29, 1.82) is 0 Å². The summed E-state index contributed by atoms with van der Waals surface area (Å²) in [6, 6.07) is 0.363. The Bertz CT molecular complexity index is 509. The van der Waals surface area contributed by atoms with E-state index in [-0.39, 0.29) is 0 Å². The molecule has 3 rings (SSSR count). The van der Waals surface area contributed by atoms with Crippen LogP contribution in [0.25, 0.3) is 0 Å². The molecule has 5 nitrogen and oxygen atoms in total. The van der Waals surface area contributed by atoms with Gasteiger partial charge in [-0.15, -0.1) is 0 Å². The van der Waals surface area contributed by atoms with E-state index in [9.17, 15) is 4.79 Å². The third-order valence-corrected chi connectivity index (χ3v) is 4.83. The van der Waals surface area contributed by atoms with Crippen molar-refractivity contribution in [3.05, 3.63) is 18.0 Å². The summed E-state index contributed by atoms with van der Waals surface area (Å²) in [6.07, 6.45) is 9.98. The number of hydrogen-bond acceptors (Lipinski definition) is 3. The van der Waals surface area contributed by atoms with Crippen molar-refractivity contribution in [2.24, 2.45) is 13.0 Å². The van der Waals surface area contributed by atoms with Gasteiger partial charge in [0.1, 0.15) is 0 Å². The van der Waals surface area contributed by atoms with Crippen LogP contribution in [-0.2, 0) is 11.8 Å². The molecule has 1 aromatic rings. The molecule has 0 bridgehead atoms. The molecule has 1 aromatic heterocycles. The number of rotatable bonds is 7. The quantitative estimate of drug-likeness (QED) is 0.775. The SMILES string of the molecule is CCCN(CC1CC1)C(=O)CN1CCC[C@@H]1c1cnn(C)c1. The normalized spacial score (nSPS) is 22.2. The average Bonchev–Trinajstić information content (AvgIpc) is 3.01. The minimum absolute atomic E-state index is 0.310. The van der Waals surface area contributed by atoms with E-state index in [2.05, 4.69) is 28.0 Å². The van der Waals surface area contributed by atoms with Crippen LogP contribution in [0.2, 0.25) is 0 Å². The zero-order valence-corrected chi connectivity index (χ0v) is 13.9. The Balaban J connectivity index is 1.61. The molecule has 1 atom stereocenters. The molecule has 2 heterocycles. The number of aromatic nitrogens is 2. The first kappa shape index (κ1) is 15.5. The lowest BCUT2D eigenvalue weighted by Gasteiger charge is -2.28. The largest absolute Gasteiger partial charge is 0.341 e. The number of aryl methyl sites for hydroxylation is 1. The fourth-order valence-corrected chi connectivity index (χ4v) is 3.48. The predicted molar refractivity (Wildman–Crippen MR) is 86.4 cm³/mol. The number of carbonyl (C=O) groups excluding carboxylic acids is 1. The predicted octanol–water partition coefficient (Wildman–Crippen LogP) is 2.21. The van der Waals surface area contributed by atoms with Crippen LogP contribution in [0, 0.1) is 5.92 Å². The number of amides is 1. The topological polar surface area (TPSA) is 41.4 Å². The standard InChI is InChI=1S/C17H28N4O/c1-3-8-21(11-14-6-7-14)17(22)13-20-9-4-5-16(20)15-10-18-19(2)12-15/h10,12,14,16H,3-9,11,13H2,1-2H3/t16-/m1/s1. The number of carbonyl (C=O) groups is 1. The molecule has 1 amide bonds. The van der Waals surface area contributed by atoms with Gasteiger partial charge < -0.3 is 4.90 Å². The molecule has 0 aromatic carbocycles. The lowest BCUT2D eigenvalue weighted by molar-refractivity contribution is -0.133. The highest BCUT2D eigenvalue weighted by molar-refractivity contribution is 5.78. The summed E-state index contributed by atoms with van der Waals surface area (Å²) in [5.41, 5.74) is 1.25. The van der Waals surface area contributed by atoms with Crippen LogP contribution in [0.1, 0.15) is 50.6 Å². The maximum atomic E-state index is 12.7. The molecule has 0 N–H and O–H groups in total. The average molecular weight is 304 g/mol. The van der Waals surface area contributed by atoms with Crippen LogP contribution in [0.4, 0.5) is 0 Å². The maximum Gasteiger partial charge on any atom is 0.236 e. The fraction of sp³-hybridized carbons (Fsp3) is 0.765. The van der Waals surface area contributed by atoms with Crippen LogP contribution in [-0.4, -0.2) is 51.7 Å². The summed E-state index contributed by atoms with van der Waals surface area (Å²) in [6.45, 7) is 5.61. The van der Waals surface area contributed by atoms with Gasteiger partial charge >= 0.3 is 0 Å². The van der Waals surface area contributed by atoms with E-state index in [1.54, 1.807) is 0 Å². The maximum absolute atomic E-state index is 12.7. The van der Waals surface area contributed by atoms with Crippen molar-refractivity contribution in [3.8, 4) is 0 Å². The molecule has 5 heteroatoms. The van der Waals surface area contributed by atoms with E-state index < -0.39 is 0 Å². The van der Waals surface area contributed by atoms with Gasteiger partial charge in [0.15, 0.2) is 0 Å². The summed E-state index contributed by atoms with van der Waals surface area (Å²) >= 11 is 0. The highest BCUT2D eigenvalue weighted by atomic mass is 16.2.